The fourth-order valence-corrected chi connectivity index (χ4v) is 3.04. The molecule has 0 amide bonds. The molecule has 3 atom stereocenters. The summed E-state index contributed by atoms with van der Waals surface area (Å²) in [5.41, 5.74) is 6.09. The average molecular weight is 251 g/mol. The molecule has 0 saturated heterocycles. The van der Waals surface area contributed by atoms with Gasteiger partial charge in [-0.2, -0.15) is 0 Å². The average Bonchev–Trinajstić information content (AvgIpc) is 2.71. The number of halogens is 1. The molecule has 1 fully saturated rings. The van der Waals surface area contributed by atoms with Gasteiger partial charge in [-0.05, 0) is 29.9 Å². The first-order chi connectivity index (χ1) is 8.52. The number of nitrogen functional groups attached to an aromatic ring is 1. The highest BCUT2D eigenvalue weighted by Crippen LogP contribution is 2.43. The minimum absolute atomic E-state index is 0.0241. The minimum atomic E-state index is -0.911. The largest absolute Gasteiger partial charge is 0.481 e. The Bertz CT molecular complexity index is 461. The SMILES string of the molecule is CC1CCCC1C(C(=O)O)c1cccc(F)c1N. The molecule has 3 nitrogen and oxygen atoms in total. The topological polar surface area (TPSA) is 63.3 Å². The fraction of sp³-hybridized carbons (Fsp3) is 0.500. The number of para-hydroxylation sites is 1. The molecule has 98 valence electrons. The van der Waals surface area contributed by atoms with E-state index in [2.05, 4.69) is 6.92 Å². The minimum Gasteiger partial charge on any atom is -0.481 e. The quantitative estimate of drug-likeness (QED) is 0.812. The Labute approximate surface area is 106 Å². The second-order valence-electron chi connectivity index (χ2n) is 5.13. The maximum atomic E-state index is 13.5. The van der Waals surface area contributed by atoms with Crippen LogP contribution in [0.25, 0.3) is 0 Å². The second-order valence-corrected chi connectivity index (χ2v) is 5.13. The number of rotatable bonds is 3. The molecule has 0 aliphatic heterocycles. The Morgan fingerprint density at radius 2 is 2.22 bits per heavy atom. The molecule has 1 aromatic carbocycles. The van der Waals surface area contributed by atoms with Gasteiger partial charge in [0.2, 0.25) is 0 Å². The molecule has 3 N–H and O–H groups in total. The second kappa shape index (κ2) is 4.96. The summed E-state index contributed by atoms with van der Waals surface area (Å²) < 4.78 is 13.5. The Hall–Kier alpha value is -1.58. The molecule has 4 heteroatoms. The zero-order valence-electron chi connectivity index (χ0n) is 10.4. The zero-order valence-corrected chi connectivity index (χ0v) is 10.4. The van der Waals surface area contributed by atoms with Crippen LogP contribution in [-0.4, -0.2) is 11.1 Å². The lowest BCUT2D eigenvalue weighted by Gasteiger charge is -2.25. The van der Waals surface area contributed by atoms with Crippen molar-refractivity contribution in [2.75, 3.05) is 5.73 Å². The standard InChI is InChI=1S/C14H18FNO2/c1-8-4-2-5-9(8)12(14(17)18)10-6-3-7-11(15)13(10)16/h3,6-9,12H,2,4-5,16H2,1H3,(H,17,18). The van der Waals surface area contributed by atoms with Crippen LogP contribution in [0, 0.1) is 17.7 Å². The van der Waals surface area contributed by atoms with Crippen LogP contribution < -0.4 is 5.73 Å². The van der Waals surface area contributed by atoms with Crippen LogP contribution in [-0.2, 0) is 4.79 Å². The molecule has 1 aliphatic carbocycles. The molecule has 0 bridgehead atoms. The number of carboxylic acid groups (broad SMARTS) is 1. The number of anilines is 1. The van der Waals surface area contributed by atoms with Crippen LogP contribution in [0.2, 0.25) is 0 Å². The Morgan fingerprint density at radius 1 is 1.50 bits per heavy atom. The van der Waals surface area contributed by atoms with E-state index in [4.69, 9.17) is 5.73 Å². The van der Waals surface area contributed by atoms with Crippen LogP contribution in [0.4, 0.5) is 10.1 Å². The summed E-state index contributed by atoms with van der Waals surface area (Å²) in [6.45, 7) is 2.06. The van der Waals surface area contributed by atoms with Crippen molar-refractivity contribution in [2.45, 2.75) is 32.1 Å². The molecular formula is C14H18FNO2. The number of aliphatic carboxylic acids is 1. The highest BCUT2D eigenvalue weighted by Gasteiger charge is 2.37. The van der Waals surface area contributed by atoms with Gasteiger partial charge in [0, 0.05) is 0 Å². The van der Waals surface area contributed by atoms with E-state index in [9.17, 15) is 14.3 Å². The van der Waals surface area contributed by atoms with Gasteiger partial charge in [-0.1, -0.05) is 31.9 Å². The van der Waals surface area contributed by atoms with Gasteiger partial charge in [-0.15, -0.1) is 0 Å². The maximum Gasteiger partial charge on any atom is 0.311 e. The number of benzene rings is 1. The summed E-state index contributed by atoms with van der Waals surface area (Å²) in [6, 6.07) is 4.41. The van der Waals surface area contributed by atoms with Gasteiger partial charge in [0.15, 0.2) is 0 Å². The molecule has 1 aliphatic rings. The fourth-order valence-electron chi connectivity index (χ4n) is 3.04. The summed E-state index contributed by atoms with van der Waals surface area (Å²) >= 11 is 0. The van der Waals surface area contributed by atoms with Gasteiger partial charge in [-0.25, -0.2) is 4.39 Å². The van der Waals surface area contributed by atoms with Crippen molar-refractivity contribution >= 4 is 11.7 Å². The van der Waals surface area contributed by atoms with Crippen LogP contribution in [0.1, 0.15) is 37.7 Å². The molecule has 1 aromatic rings. The molecule has 0 heterocycles. The number of carboxylic acids is 1. The van der Waals surface area contributed by atoms with E-state index in [1.54, 1.807) is 6.07 Å². The molecule has 3 unspecified atom stereocenters. The molecule has 2 rings (SSSR count). The van der Waals surface area contributed by atoms with Crippen molar-refractivity contribution in [1.29, 1.82) is 0 Å². The summed E-state index contributed by atoms with van der Waals surface area (Å²) in [5.74, 6) is -1.76. The third-order valence-electron chi connectivity index (χ3n) is 4.04. The summed E-state index contributed by atoms with van der Waals surface area (Å²) in [5, 5.41) is 9.44. The number of carbonyl (C=O) groups is 1. The monoisotopic (exact) mass is 251 g/mol. The molecule has 1 saturated carbocycles. The first kappa shape index (κ1) is 12.9. The number of nitrogens with two attached hydrogens (primary N) is 1. The van der Waals surface area contributed by atoms with E-state index in [-0.39, 0.29) is 11.6 Å². The van der Waals surface area contributed by atoms with E-state index in [1.165, 1.54) is 12.1 Å². The summed E-state index contributed by atoms with van der Waals surface area (Å²) in [4.78, 5) is 11.5. The normalized spacial score (nSPS) is 25.0. The summed E-state index contributed by atoms with van der Waals surface area (Å²) in [6.07, 6.45) is 2.93. The van der Waals surface area contributed by atoms with Crippen LogP contribution >= 0.6 is 0 Å². The number of hydrogen-bond donors (Lipinski definition) is 2. The van der Waals surface area contributed by atoms with E-state index >= 15 is 0 Å². The van der Waals surface area contributed by atoms with E-state index in [0.717, 1.165) is 19.3 Å². The van der Waals surface area contributed by atoms with Crippen molar-refractivity contribution < 1.29 is 14.3 Å². The Morgan fingerprint density at radius 3 is 2.78 bits per heavy atom. The van der Waals surface area contributed by atoms with E-state index < -0.39 is 17.7 Å². The van der Waals surface area contributed by atoms with Crippen molar-refractivity contribution in [3.8, 4) is 0 Å². The van der Waals surface area contributed by atoms with E-state index in [1.807, 2.05) is 0 Å². The van der Waals surface area contributed by atoms with Gasteiger partial charge in [-0.3, -0.25) is 4.79 Å². The molecule has 0 spiro atoms. The highest BCUT2D eigenvalue weighted by molar-refractivity contribution is 5.79. The lowest BCUT2D eigenvalue weighted by atomic mass is 9.80. The molecule has 0 aromatic heterocycles. The highest BCUT2D eigenvalue weighted by atomic mass is 19.1. The van der Waals surface area contributed by atoms with Gasteiger partial charge in [0.25, 0.3) is 0 Å². The third-order valence-corrected chi connectivity index (χ3v) is 4.04. The third kappa shape index (κ3) is 2.19. The maximum absolute atomic E-state index is 13.5. The smallest absolute Gasteiger partial charge is 0.311 e. The lowest BCUT2D eigenvalue weighted by Crippen LogP contribution is -2.24. The Kier molecular flexibility index (Phi) is 3.55. The van der Waals surface area contributed by atoms with Gasteiger partial charge in [0.1, 0.15) is 5.82 Å². The van der Waals surface area contributed by atoms with Crippen LogP contribution in [0.15, 0.2) is 18.2 Å². The van der Waals surface area contributed by atoms with Gasteiger partial charge in [0.05, 0.1) is 11.6 Å². The van der Waals surface area contributed by atoms with Gasteiger partial charge >= 0.3 is 5.97 Å². The van der Waals surface area contributed by atoms with Gasteiger partial charge < -0.3 is 10.8 Å². The summed E-state index contributed by atoms with van der Waals surface area (Å²) in [7, 11) is 0. The van der Waals surface area contributed by atoms with Crippen LogP contribution in [0.3, 0.4) is 0 Å². The number of hydrogen-bond acceptors (Lipinski definition) is 2. The van der Waals surface area contributed by atoms with Crippen molar-refractivity contribution in [2.24, 2.45) is 11.8 Å². The molecular weight excluding hydrogens is 233 g/mol. The molecule has 18 heavy (non-hydrogen) atoms. The zero-order chi connectivity index (χ0) is 13.3. The van der Waals surface area contributed by atoms with Crippen LogP contribution in [0.5, 0.6) is 0 Å². The van der Waals surface area contributed by atoms with Crippen molar-refractivity contribution in [3.63, 3.8) is 0 Å². The predicted octanol–water partition coefficient (Wildman–Crippen LogP) is 3.01. The first-order valence-corrected chi connectivity index (χ1v) is 6.29. The first-order valence-electron chi connectivity index (χ1n) is 6.29. The predicted molar refractivity (Wildman–Crippen MR) is 67.7 cm³/mol. The van der Waals surface area contributed by atoms with Crippen molar-refractivity contribution in [3.05, 3.63) is 29.6 Å². The van der Waals surface area contributed by atoms with E-state index in [0.29, 0.717) is 11.5 Å². The molecule has 0 radical (unpaired) electrons. The van der Waals surface area contributed by atoms with Crippen molar-refractivity contribution in [1.82, 2.24) is 0 Å². The Balaban J connectivity index is 2.41. The lowest BCUT2D eigenvalue weighted by molar-refractivity contribution is -0.140.